The number of amides is 2. The van der Waals surface area contributed by atoms with Gasteiger partial charge in [-0.05, 0) is 6.07 Å². The van der Waals surface area contributed by atoms with Crippen molar-refractivity contribution in [1.82, 2.24) is 5.32 Å². The summed E-state index contributed by atoms with van der Waals surface area (Å²) in [6.07, 6.45) is -0.427. The van der Waals surface area contributed by atoms with Crippen LogP contribution in [0.1, 0.15) is 11.1 Å². The molecule has 2 aromatic carbocycles. The van der Waals surface area contributed by atoms with Crippen molar-refractivity contribution in [3.05, 3.63) is 65.7 Å². The van der Waals surface area contributed by atoms with Gasteiger partial charge in [0.1, 0.15) is 0 Å². The van der Waals surface area contributed by atoms with Crippen LogP contribution in [-0.4, -0.2) is 31.2 Å². The molecule has 1 aliphatic heterocycles. The Morgan fingerprint density at radius 2 is 1.77 bits per heavy atom. The zero-order valence-corrected chi connectivity index (χ0v) is 12.1. The van der Waals surface area contributed by atoms with E-state index in [1.807, 2.05) is 54.6 Å². The Labute approximate surface area is 128 Å². The summed E-state index contributed by atoms with van der Waals surface area (Å²) in [6, 6.07) is 17.2. The summed E-state index contributed by atoms with van der Waals surface area (Å²) < 4.78 is 0. The molecular weight excluding hydrogens is 278 g/mol. The van der Waals surface area contributed by atoms with Crippen LogP contribution in [0.5, 0.6) is 0 Å². The van der Waals surface area contributed by atoms with Crippen molar-refractivity contribution < 1.29 is 9.59 Å². The third-order valence-corrected chi connectivity index (χ3v) is 3.62. The van der Waals surface area contributed by atoms with Crippen molar-refractivity contribution in [2.75, 3.05) is 11.9 Å². The van der Waals surface area contributed by atoms with Gasteiger partial charge in [-0.2, -0.15) is 0 Å². The van der Waals surface area contributed by atoms with Crippen LogP contribution in [0.3, 0.4) is 0 Å². The second-order valence-corrected chi connectivity index (χ2v) is 4.95. The number of nitrogens with zero attached hydrogens (tertiary/aromatic N) is 2. The maximum absolute atomic E-state index is 12.5. The number of likely N-dealkylation sites (N-methyl/N-ethyl adjacent to an activating group) is 1. The van der Waals surface area contributed by atoms with Crippen LogP contribution in [0.15, 0.2) is 59.6 Å². The first-order valence-electron chi connectivity index (χ1n) is 6.92. The molecule has 3 rings (SSSR count). The highest BCUT2D eigenvalue weighted by Crippen LogP contribution is 2.26. The molecule has 0 fully saturated rings. The second-order valence-electron chi connectivity index (χ2n) is 4.95. The number of benzene rings is 2. The minimum Gasteiger partial charge on any atom is -0.329 e. The first-order chi connectivity index (χ1) is 10.7. The molecule has 0 saturated carbocycles. The number of para-hydroxylation sites is 1. The highest BCUT2D eigenvalue weighted by Gasteiger charge is 2.29. The molecule has 2 aromatic rings. The van der Waals surface area contributed by atoms with Crippen LogP contribution in [0, 0.1) is 0 Å². The average Bonchev–Trinajstić information content (AvgIpc) is 2.67. The summed E-state index contributed by atoms with van der Waals surface area (Å²) in [5.74, 6) is -0.273. The van der Waals surface area contributed by atoms with E-state index in [2.05, 4.69) is 10.3 Å². The Kier molecular flexibility index (Phi) is 3.70. The van der Waals surface area contributed by atoms with Gasteiger partial charge in [-0.1, -0.05) is 48.5 Å². The van der Waals surface area contributed by atoms with Gasteiger partial charge in [0.2, 0.25) is 12.6 Å². The molecule has 0 radical (unpaired) electrons. The van der Waals surface area contributed by atoms with Crippen LogP contribution >= 0.6 is 0 Å². The lowest BCUT2D eigenvalue weighted by atomic mass is 10.0. The van der Waals surface area contributed by atoms with Gasteiger partial charge in [-0.3, -0.25) is 9.59 Å². The fraction of sp³-hybridized carbons (Fsp3) is 0.118. The molecule has 1 unspecified atom stereocenters. The van der Waals surface area contributed by atoms with E-state index in [-0.39, 0.29) is 5.91 Å². The number of benzodiazepines with no additional fused rings is 1. The van der Waals surface area contributed by atoms with E-state index >= 15 is 0 Å². The molecule has 0 saturated heterocycles. The van der Waals surface area contributed by atoms with E-state index in [9.17, 15) is 9.59 Å². The summed E-state index contributed by atoms with van der Waals surface area (Å²) in [5.41, 5.74) is 3.22. The Bertz CT molecular complexity index is 741. The fourth-order valence-electron chi connectivity index (χ4n) is 2.52. The summed E-state index contributed by atoms with van der Waals surface area (Å²) in [4.78, 5) is 29.3. The lowest BCUT2D eigenvalue weighted by Crippen LogP contribution is -2.43. The van der Waals surface area contributed by atoms with Crippen molar-refractivity contribution in [1.29, 1.82) is 0 Å². The maximum Gasteiger partial charge on any atom is 0.272 e. The molecule has 0 spiro atoms. The summed E-state index contributed by atoms with van der Waals surface area (Å²) >= 11 is 0. The molecular formula is C17H15N3O2. The number of hydrogen-bond acceptors (Lipinski definition) is 3. The van der Waals surface area contributed by atoms with Crippen LogP contribution in [-0.2, 0) is 9.59 Å². The number of aliphatic imine (C=N–C) groups is 1. The maximum atomic E-state index is 12.5. The molecule has 2 amide bonds. The standard InChI is InChI=1S/C17H15N3O2/c1-20-14-10-6-5-9-13(14)15(12-7-3-2-4-8-12)19-16(17(20)22)18-11-21/h2-11,16H,1H3,(H,18,21). The predicted octanol–water partition coefficient (Wildman–Crippen LogP) is 1.57. The van der Waals surface area contributed by atoms with Gasteiger partial charge in [0.25, 0.3) is 5.91 Å². The highest BCUT2D eigenvalue weighted by molar-refractivity contribution is 6.20. The van der Waals surface area contributed by atoms with Crippen LogP contribution in [0.4, 0.5) is 5.69 Å². The molecule has 0 aromatic heterocycles. The van der Waals surface area contributed by atoms with Gasteiger partial charge in [-0.15, -0.1) is 0 Å². The zero-order chi connectivity index (χ0) is 15.5. The van der Waals surface area contributed by atoms with E-state index in [1.54, 1.807) is 7.05 Å². The van der Waals surface area contributed by atoms with Crippen molar-refractivity contribution in [3.63, 3.8) is 0 Å². The normalized spacial score (nSPS) is 17.3. The number of anilines is 1. The Morgan fingerprint density at radius 1 is 1.09 bits per heavy atom. The first kappa shape index (κ1) is 14.0. The zero-order valence-electron chi connectivity index (χ0n) is 12.1. The third-order valence-electron chi connectivity index (χ3n) is 3.62. The van der Waals surface area contributed by atoms with E-state index in [1.165, 1.54) is 4.90 Å². The van der Waals surface area contributed by atoms with E-state index in [4.69, 9.17) is 0 Å². The summed E-state index contributed by atoms with van der Waals surface area (Å²) in [6.45, 7) is 0. The van der Waals surface area contributed by atoms with E-state index < -0.39 is 6.17 Å². The van der Waals surface area contributed by atoms with Crippen molar-refractivity contribution >= 4 is 23.7 Å². The summed E-state index contributed by atoms with van der Waals surface area (Å²) in [5, 5.41) is 2.48. The van der Waals surface area contributed by atoms with Crippen LogP contribution < -0.4 is 10.2 Å². The second kappa shape index (κ2) is 5.81. The smallest absolute Gasteiger partial charge is 0.272 e. The lowest BCUT2D eigenvalue weighted by molar-refractivity contribution is -0.122. The van der Waals surface area contributed by atoms with E-state index in [0.29, 0.717) is 12.1 Å². The molecule has 22 heavy (non-hydrogen) atoms. The van der Waals surface area contributed by atoms with Crippen molar-refractivity contribution in [3.8, 4) is 0 Å². The molecule has 5 nitrogen and oxygen atoms in total. The first-order valence-corrected chi connectivity index (χ1v) is 6.92. The van der Waals surface area contributed by atoms with Crippen LogP contribution in [0.2, 0.25) is 0 Å². The number of carbonyl (C=O) groups is 2. The number of hydrogen-bond donors (Lipinski definition) is 1. The molecule has 1 aliphatic rings. The molecule has 0 aliphatic carbocycles. The number of carbonyl (C=O) groups excluding carboxylic acids is 2. The minimum atomic E-state index is -0.926. The fourth-order valence-corrected chi connectivity index (χ4v) is 2.52. The van der Waals surface area contributed by atoms with Gasteiger partial charge in [0, 0.05) is 18.2 Å². The third kappa shape index (κ3) is 2.37. The van der Waals surface area contributed by atoms with Gasteiger partial charge in [0.05, 0.1) is 11.4 Å². The lowest BCUT2D eigenvalue weighted by Gasteiger charge is -2.19. The van der Waals surface area contributed by atoms with Crippen LogP contribution in [0.25, 0.3) is 0 Å². The van der Waals surface area contributed by atoms with Gasteiger partial charge in [-0.25, -0.2) is 4.99 Å². The Balaban J connectivity index is 2.22. The molecule has 1 heterocycles. The molecule has 110 valence electrons. The van der Waals surface area contributed by atoms with Gasteiger partial charge >= 0.3 is 0 Å². The number of fused-ring (bicyclic) bond motifs is 1. The predicted molar refractivity (Wildman–Crippen MR) is 84.9 cm³/mol. The van der Waals surface area contributed by atoms with Gasteiger partial charge < -0.3 is 10.2 Å². The molecule has 5 heteroatoms. The summed E-state index contributed by atoms with van der Waals surface area (Å²) in [7, 11) is 1.68. The SMILES string of the molecule is CN1C(=O)C(NC=O)N=C(c2ccccc2)c2ccccc21. The largest absolute Gasteiger partial charge is 0.329 e. The monoisotopic (exact) mass is 293 g/mol. The van der Waals surface area contributed by atoms with Gasteiger partial charge in [0.15, 0.2) is 0 Å². The Morgan fingerprint density at radius 3 is 2.50 bits per heavy atom. The number of rotatable bonds is 3. The topological polar surface area (TPSA) is 61.8 Å². The quantitative estimate of drug-likeness (QED) is 0.873. The average molecular weight is 293 g/mol. The van der Waals surface area contributed by atoms with Crippen molar-refractivity contribution in [2.24, 2.45) is 4.99 Å². The molecule has 1 N–H and O–H groups in total. The minimum absolute atomic E-state index is 0.273. The number of nitrogens with one attached hydrogen (secondary N) is 1. The van der Waals surface area contributed by atoms with Crippen molar-refractivity contribution in [2.45, 2.75) is 6.17 Å². The Hall–Kier alpha value is -2.95. The highest BCUT2D eigenvalue weighted by atomic mass is 16.2. The van der Waals surface area contributed by atoms with E-state index in [0.717, 1.165) is 16.8 Å². The molecule has 0 bridgehead atoms. The molecule has 1 atom stereocenters.